The minimum Gasteiger partial charge on any atom is -0.481 e. The predicted molar refractivity (Wildman–Crippen MR) is 71.9 cm³/mol. The van der Waals surface area contributed by atoms with Crippen LogP contribution in [0.2, 0.25) is 0 Å². The number of aromatic nitrogens is 1. The van der Waals surface area contributed by atoms with Gasteiger partial charge in [-0.25, -0.2) is 4.98 Å². The lowest BCUT2D eigenvalue weighted by Crippen LogP contribution is -2.36. The first-order valence-electron chi connectivity index (χ1n) is 6.91. The molecule has 1 saturated carbocycles. The fourth-order valence-electron chi connectivity index (χ4n) is 2.70. The van der Waals surface area contributed by atoms with Gasteiger partial charge in [-0.15, -0.1) is 11.3 Å². The number of alkyl halides is 3. The van der Waals surface area contributed by atoms with Crippen molar-refractivity contribution in [3.8, 4) is 0 Å². The van der Waals surface area contributed by atoms with E-state index < -0.39 is 24.6 Å². The number of carbonyl (C=O) groups is 1. The summed E-state index contributed by atoms with van der Waals surface area (Å²) in [6.07, 6.45) is -0.837. The lowest BCUT2D eigenvalue weighted by atomic mass is 9.91. The number of anilines is 1. The van der Waals surface area contributed by atoms with Crippen molar-refractivity contribution in [2.24, 2.45) is 0 Å². The van der Waals surface area contributed by atoms with Gasteiger partial charge in [0.2, 0.25) is 0 Å². The summed E-state index contributed by atoms with van der Waals surface area (Å²) in [5.74, 6) is -1.62. The van der Waals surface area contributed by atoms with Crippen molar-refractivity contribution in [3.05, 3.63) is 10.6 Å². The standard InChI is InChI=1S/C13H15F3N2O2S/c14-13(15,16)6-18(7-4-5-7)12-17-10-8(11(19)20)2-1-3-9(10)21-12/h7-8H,1-6H2,(H,19,20). The average Bonchev–Trinajstić information content (AvgIpc) is 3.12. The highest BCUT2D eigenvalue weighted by Crippen LogP contribution is 2.42. The van der Waals surface area contributed by atoms with Gasteiger partial charge in [-0.2, -0.15) is 13.2 Å². The van der Waals surface area contributed by atoms with Gasteiger partial charge in [0.25, 0.3) is 0 Å². The zero-order chi connectivity index (χ0) is 15.2. The van der Waals surface area contributed by atoms with Crippen molar-refractivity contribution < 1.29 is 23.1 Å². The van der Waals surface area contributed by atoms with E-state index >= 15 is 0 Å². The van der Waals surface area contributed by atoms with Crippen LogP contribution < -0.4 is 4.90 Å². The first-order valence-corrected chi connectivity index (χ1v) is 7.72. The van der Waals surface area contributed by atoms with E-state index in [0.29, 0.717) is 23.7 Å². The Morgan fingerprint density at radius 3 is 2.67 bits per heavy atom. The van der Waals surface area contributed by atoms with E-state index in [1.165, 1.54) is 16.2 Å². The van der Waals surface area contributed by atoms with E-state index in [2.05, 4.69) is 4.98 Å². The average molecular weight is 320 g/mol. The van der Waals surface area contributed by atoms with Gasteiger partial charge in [-0.05, 0) is 32.1 Å². The molecule has 1 fully saturated rings. The maximum absolute atomic E-state index is 12.7. The Morgan fingerprint density at radius 2 is 2.10 bits per heavy atom. The van der Waals surface area contributed by atoms with Crippen LogP contribution in [0, 0.1) is 0 Å². The molecule has 8 heteroatoms. The molecule has 0 saturated heterocycles. The number of fused-ring (bicyclic) bond motifs is 1. The molecule has 0 amide bonds. The van der Waals surface area contributed by atoms with Gasteiger partial charge in [0.1, 0.15) is 12.5 Å². The van der Waals surface area contributed by atoms with Crippen LogP contribution in [0.3, 0.4) is 0 Å². The zero-order valence-electron chi connectivity index (χ0n) is 11.2. The summed E-state index contributed by atoms with van der Waals surface area (Å²) in [5.41, 5.74) is 0.474. The van der Waals surface area contributed by atoms with Gasteiger partial charge >= 0.3 is 12.1 Å². The highest BCUT2D eigenvalue weighted by Gasteiger charge is 2.40. The third kappa shape index (κ3) is 3.14. The molecule has 3 rings (SSSR count). The number of hydrogen-bond acceptors (Lipinski definition) is 4. The third-order valence-corrected chi connectivity index (χ3v) is 4.99. The van der Waals surface area contributed by atoms with Crippen LogP contribution >= 0.6 is 11.3 Å². The second-order valence-corrected chi connectivity index (χ2v) is 6.62. The molecule has 2 aliphatic carbocycles. The molecule has 1 atom stereocenters. The van der Waals surface area contributed by atoms with Crippen molar-refractivity contribution in [3.63, 3.8) is 0 Å². The molecule has 1 aromatic rings. The molecule has 116 valence electrons. The second kappa shape index (κ2) is 5.15. The molecule has 0 aromatic carbocycles. The molecule has 2 aliphatic rings. The van der Waals surface area contributed by atoms with E-state index in [4.69, 9.17) is 0 Å². The first kappa shape index (κ1) is 14.6. The van der Waals surface area contributed by atoms with Gasteiger partial charge in [-0.1, -0.05) is 0 Å². The molecule has 0 spiro atoms. The SMILES string of the molecule is O=C(O)C1CCCc2sc(N(CC(F)(F)F)C3CC3)nc21. The summed E-state index contributed by atoms with van der Waals surface area (Å²) in [6, 6.07) is -0.109. The Balaban J connectivity index is 1.90. The smallest absolute Gasteiger partial charge is 0.406 e. The normalized spacial score (nSPS) is 22.0. The fraction of sp³-hybridized carbons (Fsp3) is 0.692. The molecule has 1 unspecified atom stereocenters. The van der Waals surface area contributed by atoms with E-state index in [-0.39, 0.29) is 6.04 Å². The topological polar surface area (TPSA) is 53.4 Å². The van der Waals surface area contributed by atoms with Gasteiger partial charge in [0.15, 0.2) is 5.13 Å². The van der Waals surface area contributed by atoms with Crippen molar-refractivity contribution in [2.45, 2.75) is 50.2 Å². The number of aryl methyl sites for hydroxylation is 1. The summed E-state index contributed by atoms with van der Waals surface area (Å²) >= 11 is 1.23. The number of carboxylic acids is 1. The Hall–Kier alpha value is -1.31. The number of aliphatic carboxylic acids is 1. The molecule has 4 nitrogen and oxygen atoms in total. The highest BCUT2D eigenvalue weighted by molar-refractivity contribution is 7.15. The summed E-state index contributed by atoms with van der Waals surface area (Å²) in [5, 5.41) is 9.54. The number of nitrogens with zero attached hydrogens (tertiary/aromatic N) is 2. The number of rotatable bonds is 4. The van der Waals surface area contributed by atoms with Crippen LogP contribution in [-0.4, -0.2) is 34.8 Å². The van der Waals surface area contributed by atoms with Crippen LogP contribution in [0.1, 0.15) is 42.2 Å². The molecule has 0 aliphatic heterocycles. The molecule has 0 radical (unpaired) electrons. The van der Waals surface area contributed by atoms with Gasteiger partial charge in [0.05, 0.1) is 5.69 Å². The van der Waals surface area contributed by atoms with Crippen molar-refractivity contribution >= 4 is 22.4 Å². The lowest BCUT2D eigenvalue weighted by Gasteiger charge is -2.22. The molecule has 1 aromatic heterocycles. The van der Waals surface area contributed by atoms with E-state index in [1.807, 2.05) is 0 Å². The number of halogens is 3. The summed E-state index contributed by atoms with van der Waals surface area (Å²) in [7, 11) is 0. The van der Waals surface area contributed by atoms with E-state index in [1.54, 1.807) is 0 Å². The molecule has 1 N–H and O–H groups in total. The van der Waals surface area contributed by atoms with Crippen LogP contribution in [0.4, 0.5) is 18.3 Å². The predicted octanol–water partition coefficient (Wildman–Crippen LogP) is 3.18. The summed E-state index contributed by atoms with van der Waals surface area (Å²) in [6.45, 7) is -1.01. The van der Waals surface area contributed by atoms with Crippen LogP contribution in [0.15, 0.2) is 0 Å². The largest absolute Gasteiger partial charge is 0.481 e. The molecular weight excluding hydrogens is 305 g/mol. The maximum Gasteiger partial charge on any atom is 0.406 e. The van der Waals surface area contributed by atoms with Crippen molar-refractivity contribution in [1.29, 1.82) is 0 Å². The van der Waals surface area contributed by atoms with E-state index in [9.17, 15) is 23.1 Å². The number of hydrogen-bond donors (Lipinski definition) is 1. The molecular formula is C13H15F3N2O2S. The lowest BCUT2D eigenvalue weighted by molar-refractivity contribution is -0.139. The minimum atomic E-state index is -4.28. The van der Waals surface area contributed by atoms with Crippen molar-refractivity contribution in [2.75, 3.05) is 11.4 Å². The third-order valence-electron chi connectivity index (χ3n) is 3.82. The minimum absolute atomic E-state index is 0.109. The second-order valence-electron chi connectivity index (χ2n) is 5.56. The van der Waals surface area contributed by atoms with Gasteiger partial charge in [0, 0.05) is 10.9 Å². The monoisotopic (exact) mass is 320 g/mol. The first-order chi connectivity index (χ1) is 9.85. The molecule has 21 heavy (non-hydrogen) atoms. The number of carboxylic acid groups (broad SMARTS) is 1. The summed E-state index contributed by atoms with van der Waals surface area (Å²) in [4.78, 5) is 17.6. The fourth-order valence-corrected chi connectivity index (χ4v) is 3.94. The van der Waals surface area contributed by atoms with Gasteiger partial charge < -0.3 is 10.0 Å². The Morgan fingerprint density at radius 1 is 1.38 bits per heavy atom. The zero-order valence-corrected chi connectivity index (χ0v) is 12.0. The van der Waals surface area contributed by atoms with Crippen molar-refractivity contribution in [1.82, 2.24) is 4.98 Å². The van der Waals surface area contributed by atoms with Gasteiger partial charge in [-0.3, -0.25) is 4.79 Å². The molecule has 1 heterocycles. The van der Waals surface area contributed by atoms with Crippen LogP contribution in [-0.2, 0) is 11.2 Å². The summed E-state index contributed by atoms with van der Waals surface area (Å²) < 4.78 is 38.1. The Labute approximate surface area is 123 Å². The molecule has 0 bridgehead atoms. The number of thiazole rings is 1. The van der Waals surface area contributed by atoms with E-state index in [0.717, 1.165) is 24.1 Å². The van der Waals surface area contributed by atoms with Crippen LogP contribution in [0.25, 0.3) is 0 Å². The highest BCUT2D eigenvalue weighted by atomic mass is 32.1. The maximum atomic E-state index is 12.7. The Kier molecular flexibility index (Phi) is 3.59. The Bertz CT molecular complexity index is 554. The van der Waals surface area contributed by atoms with Crippen LogP contribution in [0.5, 0.6) is 0 Å². The quantitative estimate of drug-likeness (QED) is 0.926.